The molecule has 0 amide bonds. The lowest BCUT2D eigenvalue weighted by atomic mass is 10.2. The highest BCUT2D eigenvalue weighted by atomic mass is 32.9. The van der Waals surface area contributed by atoms with Crippen LogP contribution in [0.25, 0.3) is 0 Å². The monoisotopic (exact) mass is 299 g/mol. The number of hydrogen-bond acceptors (Lipinski definition) is 7. The van der Waals surface area contributed by atoms with Crippen LogP contribution in [-0.2, 0) is 35.4 Å². The normalized spacial score (nSPS) is 25.3. The van der Waals surface area contributed by atoms with Gasteiger partial charge in [-0.05, 0) is 11.8 Å². The van der Waals surface area contributed by atoms with Crippen molar-refractivity contribution >= 4 is 40.7 Å². The van der Waals surface area contributed by atoms with E-state index in [0.29, 0.717) is 6.61 Å². The standard InChI is InChI=1S/C8H14NO5PS2/c1-12-7(10)5-6(8(11)13-2)9-15(16)14-3-4-17-15/h6H,3-5H2,1-2H3,(H,9,16). The first-order valence-electron chi connectivity index (χ1n) is 4.82. The van der Waals surface area contributed by atoms with E-state index in [1.165, 1.54) is 25.6 Å². The first-order chi connectivity index (χ1) is 8.00. The van der Waals surface area contributed by atoms with E-state index in [0.717, 1.165) is 5.75 Å². The van der Waals surface area contributed by atoms with Crippen LogP contribution in [0.15, 0.2) is 0 Å². The van der Waals surface area contributed by atoms with Crippen molar-refractivity contribution in [2.75, 3.05) is 26.6 Å². The summed E-state index contributed by atoms with van der Waals surface area (Å²) in [5, 5.41) is 2.90. The number of carbonyl (C=O) groups is 2. The molecule has 17 heavy (non-hydrogen) atoms. The van der Waals surface area contributed by atoms with Crippen molar-refractivity contribution in [3.8, 4) is 0 Å². The first kappa shape index (κ1) is 14.9. The number of carbonyl (C=O) groups excluding carboxylic acids is 2. The second kappa shape index (κ2) is 6.70. The van der Waals surface area contributed by atoms with Crippen molar-refractivity contribution < 1.29 is 23.6 Å². The zero-order chi connectivity index (χ0) is 12.9. The van der Waals surface area contributed by atoms with Crippen LogP contribution >= 0.6 is 17.0 Å². The van der Waals surface area contributed by atoms with Gasteiger partial charge in [-0.15, -0.1) is 0 Å². The van der Waals surface area contributed by atoms with Crippen LogP contribution in [0.3, 0.4) is 0 Å². The third-order valence-corrected chi connectivity index (χ3v) is 7.62. The number of hydrogen-bond donors (Lipinski definition) is 1. The molecule has 0 aliphatic carbocycles. The number of esters is 2. The lowest BCUT2D eigenvalue weighted by molar-refractivity contribution is -0.149. The molecule has 0 spiro atoms. The van der Waals surface area contributed by atoms with Crippen molar-refractivity contribution in [1.82, 2.24) is 5.09 Å². The maximum Gasteiger partial charge on any atom is 0.323 e. The van der Waals surface area contributed by atoms with Gasteiger partial charge in [-0.2, -0.15) is 0 Å². The molecule has 0 saturated carbocycles. The van der Waals surface area contributed by atoms with E-state index in [4.69, 9.17) is 16.3 Å². The third-order valence-electron chi connectivity index (χ3n) is 2.00. The van der Waals surface area contributed by atoms with Gasteiger partial charge in [0, 0.05) is 5.75 Å². The van der Waals surface area contributed by atoms with Crippen molar-refractivity contribution in [1.29, 1.82) is 0 Å². The molecule has 6 nitrogen and oxygen atoms in total. The molecule has 0 aromatic rings. The van der Waals surface area contributed by atoms with Crippen molar-refractivity contribution in [3.05, 3.63) is 0 Å². The molecule has 1 heterocycles. The molecule has 1 aliphatic heterocycles. The molecule has 2 atom stereocenters. The molecule has 0 aromatic heterocycles. The second-order valence-electron chi connectivity index (χ2n) is 3.15. The molecule has 9 heteroatoms. The van der Waals surface area contributed by atoms with Gasteiger partial charge in [0.1, 0.15) is 6.04 Å². The lowest BCUT2D eigenvalue weighted by Crippen LogP contribution is -2.37. The van der Waals surface area contributed by atoms with Gasteiger partial charge in [-0.3, -0.25) is 9.59 Å². The minimum absolute atomic E-state index is 0.120. The molecule has 1 saturated heterocycles. The average Bonchev–Trinajstić information content (AvgIpc) is 2.73. The van der Waals surface area contributed by atoms with Gasteiger partial charge in [0.2, 0.25) is 0 Å². The molecule has 0 aromatic carbocycles. The fourth-order valence-corrected chi connectivity index (χ4v) is 6.12. The molecule has 1 N–H and O–H groups in total. The summed E-state index contributed by atoms with van der Waals surface area (Å²) in [7, 11) is 2.52. The minimum Gasteiger partial charge on any atom is -0.469 e. The van der Waals surface area contributed by atoms with Crippen LogP contribution in [0.1, 0.15) is 6.42 Å². The fourth-order valence-electron chi connectivity index (χ4n) is 1.19. The highest BCUT2D eigenvalue weighted by Crippen LogP contribution is 2.60. The van der Waals surface area contributed by atoms with Gasteiger partial charge in [0.05, 0.1) is 27.2 Å². The Balaban J connectivity index is 2.66. The highest BCUT2D eigenvalue weighted by molar-refractivity contribution is 8.69. The Labute approximate surface area is 109 Å². The summed E-state index contributed by atoms with van der Waals surface area (Å²) in [6, 6.07) is -0.816. The molecule has 0 bridgehead atoms. The topological polar surface area (TPSA) is 73.9 Å². The van der Waals surface area contributed by atoms with Crippen LogP contribution in [0.2, 0.25) is 0 Å². The van der Waals surface area contributed by atoms with Gasteiger partial charge in [0.25, 0.3) is 0 Å². The minimum atomic E-state index is -2.27. The zero-order valence-corrected chi connectivity index (χ0v) is 12.0. The third kappa shape index (κ3) is 4.56. The Kier molecular flexibility index (Phi) is 5.88. The van der Waals surface area contributed by atoms with Crippen LogP contribution < -0.4 is 5.09 Å². The van der Waals surface area contributed by atoms with Crippen LogP contribution in [-0.4, -0.2) is 44.6 Å². The number of rotatable bonds is 5. The van der Waals surface area contributed by atoms with E-state index in [1.54, 1.807) is 0 Å². The summed E-state index contributed by atoms with van der Waals surface area (Å²) in [6.45, 7) is 0.557. The van der Waals surface area contributed by atoms with Crippen LogP contribution in [0.4, 0.5) is 0 Å². The summed E-state index contributed by atoms with van der Waals surface area (Å²) in [5.41, 5.74) is -2.27. The Morgan fingerprint density at radius 3 is 2.71 bits per heavy atom. The number of methoxy groups -OCH3 is 2. The second-order valence-corrected chi connectivity index (χ2v) is 9.88. The van der Waals surface area contributed by atoms with Gasteiger partial charge in [-0.25, -0.2) is 5.09 Å². The van der Waals surface area contributed by atoms with E-state index in [9.17, 15) is 9.59 Å². The Bertz CT molecular complexity index is 341. The number of nitrogens with one attached hydrogen (secondary N) is 1. The van der Waals surface area contributed by atoms with Crippen LogP contribution in [0, 0.1) is 0 Å². The summed E-state index contributed by atoms with van der Waals surface area (Å²) < 4.78 is 14.5. The quantitative estimate of drug-likeness (QED) is 0.586. The zero-order valence-electron chi connectivity index (χ0n) is 9.50. The summed E-state index contributed by atoms with van der Waals surface area (Å²) >= 11 is 6.75. The van der Waals surface area contributed by atoms with Crippen LogP contribution in [0.5, 0.6) is 0 Å². The molecule has 98 valence electrons. The Morgan fingerprint density at radius 2 is 2.24 bits per heavy atom. The lowest BCUT2D eigenvalue weighted by Gasteiger charge is -2.21. The number of ether oxygens (including phenoxy) is 2. The van der Waals surface area contributed by atoms with E-state index < -0.39 is 23.6 Å². The summed E-state index contributed by atoms with van der Waals surface area (Å²) in [5.74, 6) is -0.259. The van der Waals surface area contributed by atoms with E-state index in [1.807, 2.05) is 0 Å². The molecule has 1 aliphatic rings. The molecular weight excluding hydrogens is 285 g/mol. The van der Waals surface area contributed by atoms with Crippen molar-refractivity contribution in [2.24, 2.45) is 0 Å². The Morgan fingerprint density at radius 1 is 1.53 bits per heavy atom. The summed E-state index contributed by atoms with van der Waals surface area (Å²) in [6.07, 6.45) is -0.120. The van der Waals surface area contributed by atoms with E-state index in [2.05, 4.69) is 14.6 Å². The van der Waals surface area contributed by atoms with E-state index >= 15 is 0 Å². The average molecular weight is 299 g/mol. The maximum absolute atomic E-state index is 11.5. The fraction of sp³-hybridized carbons (Fsp3) is 0.750. The van der Waals surface area contributed by atoms with Crippen molar-refractivity contribution in [2.45, 2.75) is 12.5 Å². The SMILES string of the molecule is COC(=O)CC(NP1(=S)OCCS1)C(=O)OC. The molecule has 1 fully saturated rings. The molecular formula is C8H14NO5PS2. The Hall–Kier alpha value is -0.140. The first-order valence-corrected chi connectivity index (χ1v) is 9.13. The molecule has 2 unspecified atom stereocenters. The predicted molar refractivity (Wildman–Crippen MR) is 68.3 cm³/mol. The predicted octanol–water partition coefficient (Wildman–Crippen LogP) is 0.669. The van der Waals surface area contributed by atoms with Gasteiger partial charge >= 0.3 is 11.9 Å². The van der Waals surface area contributed by atoms with Gasteiger partial charge in [0.15, 0.2) is 5.62 Å². The van der Waals surface area contributed by atoms with E-state index in [-0.39, 0.29) is 6.42 Å². The molecule has 1 rings (SSSR count). The highest BCUT2D eigenvalue weighted by Gasteiger charge is 2.32. The molecule has 0 radical (unpaired) electrons. The van der Waals surface area contributed by atoms with Crippen molar-refractivity contribution in [3.63, 3.8) is 0 Å². The summed E-state index contributed by atoms with van der Waals surface area (Å²) in [4.78, 5) is 22.7. The van der Waals surface area contributed by atoms with Gasteiger partial charge in [-0.1, -0.05) is 11.4 Å². The maximum atomic E-state index is 11.5. The largest absolute Gasteiger partial charge is 0.469 e. The van der Waals surface area contributed by atoms with Gasteiger partial charge < -0.3 is 14.0 Å². The smallest absolute Gasteiger partial charge is 0.323 e.